The van der Waals surface area contributed by atoms with E-state index in [1.165, 1.54) is 12.1 Å². The van der Waals surface area contributed by atoms with Crippen LogP contribution in [0.4, 0.5) is 0 Å². The highest BCUT2D eigenvalue weighted by Crippen LogP contribution is 2.13. The summed E-state index contributed by atoms with van der Waals surface area (Å²) in [6.07, 6.45) is 1.01. The monoisotopic (exact) mass is 357 g/mol. The Kier molecular flexibility index (Phi) is 6.36. The summed E-state index contributed by atoms with van der Waals surface area (Å²) in [6, 6.07) is 15.1. The summed E-state index contributed by atoms with van der Waals surface area (Å²) in [5, 5.41) is 0. The van der Waals surface area contributed by atoms with Gasteiger partial charge < -0.3 is 5.53 Å². The third-order valence-electron chi connectivity index (χ3n) is 3.63. The molecule has 2 aromatic rings. The molecule has 0 heterocycles. The number of ketones is 1. The van der Waals surface area contributed by atoms with Crippen molar-refractivity contribution in [1.29, 1.82) is 0 Å². The van der Waals surface area contributed by atoms with Crippen LogP contribution >= 0.6 is 0 Å². The van der Waals surface area contributed by atoms with Crippen LogP contribution in [-0.4, -0.2) is 31.2 Å². The van der Waals surface area contributed by atoms with Crippen molar-refractivity contribution in [3.05, 3.63) is 71.3 Å². The van der Waals surface area contributed by atoms with E-state index in [-0.39, 0.29) is 11.3 Å². The minimum absolute atomic E-state index is 0.107. The number of rotatable bonds is 8. The second kappa shape index (κ2) is 8.48. The standard InChI is InChI=1S/C18H19N3O3S/c1-14-7-9-18(10-8-14)25(23,24)21-16(12-17(22)13-20-19)11-15-5-3-2-4-6-15/h2-10,13,16,21H,11-12H2,1H3. The van der Waals surface area contributed by atoms with E-state index in [0.29, 0.717) is 6.42 Å². The molecule has 0 saturated carbocycles. The first-order valence-corrected chi connectivity index (χ1v) is 9.22. The average molecular weight is 357 g/mol. The molecule has 0 aromatic heterocycles. The van der Waals surface area contributed by atoms with Crippen LogP contribution in [0.25, 0.3) is 5.53 Å². The van der Waals surface area contributed by atoms with Crippen LogP contribution in [0, 0.1) is 6.92 Å². The first-order chi connectivity index (χ1) is 11.9. The Morgan fingerprint density at radius 2 is 1.80 bits per heavy atom. The molecule has 0 radical (unpaired) electrons. The van der Waals surface area contributed by atoms with Gasteiger partial charge in [-0.05, 0) is 31.0 Å². The molecular formula is C18H19N3O3S. The van der Waals surface area contributed by atoms with Gasteiger partial charge in [0.2, 0.25) is 15.8 Å². The van der Waals surface area contributed by atoms with Crippen molar-refractivity contribution in [3.63, 3.8) is 0 Å². The van der Waals surface area contributed by atoms with Gasteiger partial charge in [-0.25, -0.2) is 13.1 Å². The second-order valence-electron chi connectivity index (χ2n) is 5.74. The molecule has 0 amide bonds. The lowest BCUT2D eigenvalue weighted by molar-refractivity contribution is -0.116. The van der Waals surface area contributed by atoms with Crippen LogP contribution in [0.5, 0.6) is 0 Å². The van der Waals surface area contributed by atoms with Crippen LogP contribution < -0.4 is 4.72 Å². The zero-order valence-corrected chi connectivity index (χ0v) is 14.6. The SMILES string of the molecule is Cc1ccc(S(=O)(=O)NC(CC(=O)C=[N+]=[N-])Cc2ccccc2)cc1. The predicted molar refractivity (Wildman–Crippen MR) is 94.7 cm³/mol. The Hall–Kier alpha value is -2.60. The number of hydrogen-bond acceptors (Lipinski definition) is 3. The molecule has 0 aliphatic heterocycles. The van der Waals surface area contributed by atoms with Gasteiger partial charge in [0.1, 0.15) is 0 Å². The summed E-state index contributed by atoms with van der Waals surface area (Å²) < 4.78 is 27.7. The van der Waals surface area contributed by atoms with Crippen molar-refractivity contribution in [2.24, 2.45) is 0 Å². The van der Waals surface area contributed by atoms with Crippen molar-refractivity contribution in [2.45, 2.75) is 30.7 Å². The average Bonchev–Trinajstić information content (AvgIpc) is 2.56. The second-order valence-corrected chi connectivity index (χ2v) is 7.45. The fourth-order valence-electron chi connectivity index (χ4n) is 2.42. The van der Waals surface area contributed by atoms with Crippen LogP contribution in [0.3, 0.4) is 0 Å². The van der Waals surface area contributed by atoms with Gasteiger partial charge in [0, 0.05) is 12.5 Å². The molecular weight excluding hydrogens is 338 g/mol. The lowest BCUT2D eigenvalue weighted by Gasteiger charge is -2.17. The fourth-order valence-corrected chi connectivity index (χ4v) is 3.65. The summed E-state index contributed by atoms with van der Waals surface area (Å²) >= 11 is 0. The molecule has 2 rings (SSSR count). The van der Waals surface area contributed by atoms with E-state index >= 15 is 0 Å². The van der Waals surface area contributed by atoms with Crippen molar-refractivity contribution in [2.75, 3.05) is 0 Å². The Bertz CT molecular complexity index is 872. The smallest absolute Gasteiger partial charge is 0.323 e. The molecule has 6 nitrogen and oxygen atoms in total. The summed E-state index contributed by atoms with van der Waals surface area (Å²) in [6.45, 7) is 1.87. The Labute approximate surface area is 147 Å². The Morgan fingerprint density at radius 1 is 1.16 bits per heavy atom. The Morgan fingerprint density at radius 3 is 2.40 bits per heavy atom. The molecule has 1 unspecified atom stereocenters. The maximum absolute atomic E-state index is 12.6. The number of carbonyl (C=O) groups is 1. The predicted octanol–water partition coefficient (Wildman–Crippen LogP) is 2.14. The summed E-state index contributed by atoms with van der Waals surface area (Å²) in [5.74, 6) is -0.463. The highest BCUT2D eigenvalue weighted by molar-refractivity contribution is 7.89. The lowest BCUT2D eigenvalue weighted by atomic mass is 10.0. The normalized spacial score (nSPS) is 12.2. The van der Waals surface area contributed by atoms with E-state index < -0.39 is 21.8 Å². The molecule has 130 valence electrons. The minimum atomic E-state index is -3.77. The number of Topliss-reactive ketones (excluding diaryl/α,β-unsaturated/α-hetero) is 1. The number of nitrogens with zero attached hydrogens (tertiary/aromatic N) is 2. The number of benzene rings is 2. The zero-order valence-electron chi connectivity index (χ0n) is 13.8. The number of carbonyl (C=O) groups excluding carboxylic acids is 1. The van der Waals surface area contributed by atoms with Gasteiger partial charge >= 0.3 is 6.21 Å². The molecule has 0 spiro atoms. The van der Waals surface area contributed by atoms with E-state index in [1.807, 2.05) is 37.3 Å². The molecule has 0 saturated heterocycles. The Balaban J connectivity index is 2.23. The minimum Gasteiger partial charge on any atom is -0.361 e. The van der Waals surface area contributed by atoms with E-state index in [2.05, 4.69) is 9.51 Å². The van der Waals surface area contributed by atoms with E-state index in [4.69, 9.17) is 5.53 Å². The van der Waals surface area contributed by atoms with Crippen LogP contribution in [-0.2, 0) is 21.2 Å². The first-order valence-electron chi connectivity index (χ1n) is 7.74. The van der Waals surface area contributed by atoms with E-state index in [0.717, 1.165) is 17.3 Å². The molecule has 1 N–H and O–H groups in total. The molecule has 2 aromatic carbocycles. The van der Waals surface area contributed by atoms with Crippen molar-refractivity contribution >= 4 is 22.0 Å². The van der Waals surface area contributed by atoms with Gasteiger partial charge in [0.15, 0.2) is 0 Å². The van der Waals surface area contributed by atoms with Gasteiger partial charge in [-0.1, -0.05) is 48.0 Å². The topological polar surface area (TPSA) is 99.6 Å². The van der Waals surface area contributed by atoms with E-state index in [1.54, 1.807) is 12.1 Å². The summed E-state index contributed by atoms with van der Waals surface area (Å²) in [4.78, 5) is 14.6. The van der Waals surface area contributed by atoms with E-state index in [9.17, 15) is 13.2 Å². The maximum atomic E-state index is 12.6. The summed E-state index contributed by atoms with van der Waals surface area (Å²) in [5.41, 5.74) is 10.3. The maximum Gasteiger partial charge on any atom is 0.323 e. The quantitative estimate of drug-likeness (QED) is 0.445. The molecule has 1 atom stereocenters. The van der Waals surface area contributed by atoms with Crippen molar-refractivity contribution in [1.82, 2.24) is 4.72 Å². The van der Waals surface area contributed by atoms with Crippen molar-refractivity contribution < 1.29 is 18.0 Å². The van der Waals surface area contributed by atoms with Crippen LogP contribution in [0.1, 0.15) is 17.5 Å². The number of sulfonamides is 1. The number of aryl methyl sites for hydroxylation is 1. The molecule has 0 fully saturated rings. The van der Waals surface area contributed by atoms with Gasteiger partial charge in [-0.3, -0.25) is 4.79 Å². The summed E-state index contributed by atoms with van der Waals surface area (Å²) in [7, 11) is -3.77. The number of nitrogens with one attached hydrogen (secondary N) is 1. The molecule has 0 bridgehead atoms. The number of hydrogen-bond donors (Lipinski definition) is 1. The van der Waals surface area contributed by atoms with Gasteiger partial charge in [0.05, 0.1) is 4.90 Å². The lowest BCUT2D eigenvalue weighted by Crippen LogP contribution is -2.38. The van der Waals surface area contributed by atoms with Gasteiger partial charge in [-0.15, -0.1) is 0 Å². The molecule has 25 heavy (non-hydrogen) atoms. The highest BCUT2D eigenvalue weighted by atomic mass is 32.2. The highest BCUT2D eigenvalue weighted by Gasteiger charge is 2.23. The third kappa shape index (κ3) is 5.76. The van der Waals surface area contributed by atoms with Crippen LogP contribution in [0.15, 0.2) is 59.5 Å². The fraction of sp³-hybridized carbons (Fsp3) is 0.222. The third-order valence-corrected chi connectivity index (χ3v) is 5.16. The molecule has 0 aliphatic carbocycles. The molecule has 7 heteroatoms. The van der Waals surface area contributed by atoms with Gasteiger partial charge in [0.25, 0.3) is 0 Å². The molecule has 0 aliphatic rings. The largest absolute Gasteiger partial charge is 0.361 e. The van der Waals surface area contributed by atoms with Gasteiger partial charge in [-0.2, -0.15) is 4.79 Å². The van der Waals surface area contributed by atoms with Crippen molar-refractivity contribution in [3.8, 4) is 0 Å². The van der Waals surface area contributed by atoms with Crippen LogP contribution in [0.2, 0.25) is 0 Å². The first kappa shape index (κ1) is 18.7. The zero-order chi connectivity index (χ0) is 18.3.